The number of aryl methyl sites for hydroxylation is 1. The summed E-state index contributed by atoms with van der Waals surface area (Å²) >= 11 is 6.02. The van der Waals surface area contributed by atoms with Gasteiger partial charge in [0.05, 0.1) is 13.7 Å². The maximum atomic E-state index is 13.3. The molecule has 0 radical (unpaired) electrons. The van der Waals surface area contributed by atoms with Gasteiger partial charge in [0.15, 0.2) is 11.2 Å². The number of methoxy groups -OCH3 is 1. The Balaban J connectivity index is 1.92. The lowest BCUT2D eigenvalue weighted by atomic mass is 10.2. The summed E-state index contributed by atoms with van der Waals surface area (Å²) in [6, 6.07) is 14.4. The van der Waals surface area contributed by atoms with Crippen LogP contribution in [0.3, 0.4) is 0 Å². The summed E-state index contributed by atoms with van der Waals surface area (Å²) in [6.07, 6.45) is 0.277. The van der Waals surface area contributed by atoms with Gasteiger partial charge in [-0.1, -0.05) is 29.8 Å². The van der Waals surface area contributed by atoms with Crippen molar-refractivity contribution in [3.8, 4) is 17.5 Å². The van der Waals surface area contributed by atoms with Gasteiger partial charge >= 0.3 is 11.7 Å². The lowest BCUT2D eigenvalue weighted by Crippen LogP contribution is -2.39. The smallest absolute Gasteiger partial charge is 0.332 e. The molecule has 0 fully saturated rings. The van der Waals surface area contributed by atoms with Gasteiger partial charge in [-0.3, -0.25) is 18.5 Å². The van der Waals surface area contributed by atoms with E-state index in [0.29, 0.717) is 16.5 Å². The van der Waals surface area contributed by atoms with Crippen LogP contribution in [0.5, 0.6) is 17.5 Å². The van der Waals surface area contributed by atoms with Gasteiger partial charge in [-0.2, -0.15) is 4.98 Å². The Hall–Kier alpha value is -3.56. The molecule has 4 rings (SSSR count). The van der Waals surface area contributed by atoms with E-state index in [1.165, 1.54) is 4.57 Å². The molecule has 0 bridgehead atoms. The number of hydrogen-bond acceptors (Lipinski definition) is 6. The van der Waals surface area contributed by atoms with Gasteiger partial charge in [0, 0.05) is 31.3 Å². The molecule has 4 aromatic rings. The lowest BCUT2D eigenvalue weighted by Gasteiger charge is -2.12. The van der Waals surface area contributed by atoms with Crippen molar-refractivity contribution < 1.29 is 14.6 Å². The van der Waals surface area contributed by atoms with E-state index in [1.54, 1.807) is 55.1 Å². The van der Waals surface area contributed by atoms with Crippen LogP contribution in [0.2, 0.25) is 5.02 Å². The number of imidazole rings is 1. The molecule has 0 atom stereocenters. The predicted molar refractivity (Wildman–Crippen MR) is 125 cm³/mol. The summed E-state index contributed by atoms with van der Waals surface area (Å²) in [5, 5.41) is 9.79. The first-order valence-electron chi connectivity index (χ1n) is 10.3. The molecular formula is C23H23ClN4O5. The topological polar surface area (TPSA) is 101 Å². The van der Waals surface area contributed by atoms with Crippen LogP contribution in [0.1, 0.15) is 12.0 Å². The predicted octanol–water partition coefficient (Wildman–Crippen LogP) is 2.78. The van der Waals surface area contributed by atoms with Gasteiger partial charge in [-0.15, -0.1) is 0 Å². The van der Waals surface area contributed by atoms with Crippen molar-refractivity contribution in [3.05, 3.63) is 80.0 Å². The third-order valence-electron chi connectivity index (χ3n) is 5.24. The molecular weight excluding hydrogens is 448 g/mol. The van der Waals surface area contributed by atoms with Gasteiger partial charge < -0.3 is 14.6 Å². The number of aromatic nitrogens is 4. The first kappa shape index (κ1) is 22.6. The molecule has 2 heterocycles. The molecule has 0 unspecified atom stereocenters. The van der Waals surface area contributed by atoms with Crippen molar-refractivity contribution in [2.75, 3.05) is 13.7 Å². The minimum absolute atomic E-state index is 0.0934. The van der Waals surface area contributed by atoms with Crippen molar-refractivity contribution in [3.63, 3.8) is 0 Å². The molecule has 2 aromatic carbocycles. The maximum Gasteiger partial charge on any atom is 0.332 e. The summed E-state index contributed by atoms with van der Waals surface area (Å²) < 4.78 is 15.4. The fourth-order valence-electron chi connectivity index (χ4n) is 3.54. The summed E-state index contributed by atoms with van der Waals surface area (Å²) in [4.78, 5) is 30.6. The fourth-order valence-corrected chi connectivity index (χ4v) is 3.67. The molecule has 10 heteroatoms. The van der Waals surface area contributed by atoms with Gasteiger partial charge in [0.1, 0.15) is 11.5 Å². The Morgan fingerprint density at radius 1 is 1.06 bits per heavy atom. The third kappa shape index (κ3) is 4.50. The van der Waals surface area contributed by atoms with Crippen molar-refractivity contribution in [2.45, 2.75) is 19.5 Å². The van der Waals surface area contributed by atoms with E-state index in [1.807, 2.05) is 12.1 Å². The average Bonchev–Trinajstić information content (AvgIpc) is 3.17. The molecule has 9 nitrogen and oxygen atoms in total. The van der Waals surface area contributed by atoms with E-state index in [0.717, 1.165) is 10.1 Å². The summed E-state index contributed by atoms with van der Waals surface area (Å²) in [6.45, 7) is 0.221. The van der Waals surface area contributed by atoms with Gasteiger partial charge in [-0.05, 0) is 36.2 Å². The normalized spacial score (nSPS) is 11.2. The highest BCUT2D eigenvalue weighted by atomic mass is 35.5. The van der Waals surface area contributed by atoms with Crippen LogP contribution in [0, 0.1) is 0 Å². The zero-order valence-corrected chi connectivity index (χ0v) is 19.0. The van der Waals surface area contributed by atoms with Crippen LogP contribution in [0.25, 0.3) is 11.2 Å². The number of aliphatic hydroxyl groups excluding tert-OH is 1. The van der Waals surface area contributed by atoms with Crippen LogP contribution in [0.15, 0.2) is 58.1 Å². The highest BCUT2D eigenvalue weighted by molar-refractivity contribution is 6.30. The third-order valence-corrected chi connectivity index (χ3v) is 5.49. The highest BCUT2D eigenvalue weighted by Crippen LogP contribution is 2.27. The molecule has 0 aliphatic rings. The number of benzene rings is 2. The summed E-state index contributed by atoms with van der Waals surface area (Å²) in [7, 11) is 3.11. The van der Waals surface area contributed by atoms with Crippen molar-refractivity contribution >= 4 is 22.8 Å². The number of rotatable bonds is 8. The van der Waals surface area contributed by atoms with E-state index in [9.17, 15) is 14.7 Å². The number of hydrogen-bond donors (Lipinski definition) is 1. The van der Waals surface area contributed by atoms with Crippen molar-refractivity contribution in [1.82, 2.24) is 18.7 Å². The minimum atomic E-state index is -0.509. The second-order valence-electron chi connectivity index (χ2n) is 7.44. The second kappa shape index (κ2) is 9.51. The van der Waals surface area contributed by atoms with Crippen LogP contribution >= 0.6 is 11.6 Å². The first-order chi connectivity index (χ1) is 15.9. The highest BCUT2D eigenvalue weighted by Gasteiger charge is 2.22. The quantitative estimate of drug-likeness (QED) is 0.425. The van der Waals surface area contributed by atoms with Crippen LogP contribution in [-0.4, -0.2) is 37.5 Å². The molecule has 0 saturated carbocycles. The average molecular weight is 471 g/mol. The van der Waals surface area contributed by atoms with E-state index >= 15 is 0 Å². The molecule has 1 N–H and O–H groups in total. The number of ether oxygens (including phenoxy) is 2. The number of halogens is 1. The van der Waals surface area contributed by atoms with Crippen LogP contribution in [0.4, 0.5) is 0 Å². The number of aliphatic hydroxyl groups is 1. The monoisotopic (exact) mass is 470 g/mol. The van der Waals surface area contributed by atoms with Crippen LogP contribution < -0.4 is 20.7 Å². The summed E-state index contributed by atoms with van der Waals surface area (Å²) in [5.74, 6) is 1.07. The Kier molecular flexibility index (Phi) is 6.52. The fraction of sp³-hybridized carbons (Fsp3) is 0.261. The standard InChI is InChI=1S/C23H23ClN4O5/c1-26-20-19(21(30)27(23(26)31)11-4-12-29)28(14-15-7-9-16(24)10-8-15)22(25-20)33-18-6-3-5-17(13-18)32-2/h3,5-10,13,29H,4,11-12,14H2,1-2H3. The van der Waals surface area contributed by atoms with Crippen molar-refractivity contribution in [2.24, 2.45) is 7.05 Å². The Morgan fingerprint density at radius 3 is 2.48 bits per heavy atom. The molecule has 0 amide bonds. The summed E-state index contributed by atoms with van der Waals surface area (Å²) in [5.41, 5.74) is 0.290. The van der Waals surface area contributed by atoms with E-state index in [4.69, 9.17) is 21.1 Å². The van der Waals surface area contributed by atoms with Gasteiger partial charge in [0.25, 0.3) is 5.56 Å². The molecule has 0 aliphatic heterocycles. The molecule has 33 heavy (non-hydrogen) atoms. The Bertz CT molecular complexity index is 1410. The van der Waals surface area contributed by atoms with E-state index in [-0.39, 0.29) is 43.3 Å². The minimum Gasteiger partial charge on any atom is -0.497 e. The number of nitrogens with zero attached hydrogens (tertiary/aromatic N) is 4. The molecule has 0 aliphatic carbocycles. The van der Waals surface area contributed by atoms with E-state index in [2.05, 4.69) is 4.98 Å². The Labute approximate surface area is 194 Å². The van der Waals surface area contributed by atoms with Gasteiger partial charge in [0.2, 0.25) is 0 Å². The molecule has 0 spiro atoms. The van der Waals surface area contributed by atoms with Crippen LogP contribution in [-0.2, 0) is 20.1 Å². The first-order valence-corrected chi connectivity index (χ1v) is 10.7. The molecule has 2 aromatic heterocycles. The molecule has 172 valence electrons. The SMILES string of the molecule is COc1cccc(Oc2nc3c(c(=O)n(CCCO)c(=O)n3C)n2Cc2ccc(Cl)cc2)c1. The van der Waals surface area contributed by atoms with Gasteiger partial charge in [-0.25, -0.2) is 4.79 Å². The zero-order chi connectivity index (χ0) is 23.5. The second-order valence-corrected chi connectivity index (χ2v) is 7.87. The maximum absolute atomic E-state index is 13.3. The zero-order valence-electron chi connectivity index (χ0n) is 18.2. The van der Waals surface area contributed by atoms with Crippen molar-refractivity contribution in [1.29, 1.82) is 0 Å². The Morgan fingerprint density at radius 2 is 1.79 bits per heavy atom. The van der Waals surface area contributed by atoms with E-state index < -0.39 is 11.2 Å². The number of fused-ring (bicyclic) bond motifs is 1. The molecule has 0 saturated heterocycles. The lowest BCUT2D eigenvalue weighted by molar-refractivity contribution is 0.277. The largest absolute Gasteiger partial charge is 0.497 e.